The van der Waals surface area contributed by atoms with Crippen LogP contribution in [0.1, 0.15) is 41.6 Å². The summed E-state index contributed by atoms with van der Waals surface area (Å²) in [5.74, 6) is 0.789. The van der Waals surface area contributed by atoms with Crippen molar-refractivity contribution in [2.24, 2.45) is 5.92 Å². The van der Waals surface area contributed by atoms with Gasteiger partial charge in [0.05, 0.1) is 18.5 Å². The molecule has 2 N–H and O–H groups in total. The number of hydrogen-bond acceptors (Lipinski definition) is 4. The van der Waals surface area contributed by atoms with Crippen molar-refractivity contribution in [1.82, 2.24) is 19.8 Å². The van der Waals surface area contributed by atoms with Crippen LogP contribution in [0.15, 0.2) is 43.0 Å². The minimum atomic E-state index is -0.769. The molecule has 2 saturated heterocycles. The highest BCUT2D eigenvalue weighted by atomic mass is 16.3. The van der Waals surface area contributed by atoms with Gasteiger partial charge in [0.25, 0.3) is 5.91 Å². The Morgan fingerprint density at radius 1 is 1.25 bits per heavy atom. The van der Waals surface area contributed by atoms with E-state index in [0.29, 0.717) is 38.4 Å². The van der Waals surface area contributed by atoms with Crippen LogP contribution in [0.5, 0.6) is 0 Å². The largest absolute Gasteiger partial charge is 0.388 e. The van der Waals surface area contributed by atoms with Gasteiger partial charge in [0.1, 0.15) is 0 Å². The Bertz CT molecular complexity index is 776. The fourth-order valence-electron chi connectivity index (χ4n) is 4.44. The molecule has 150 valence electrons. The Morgan fingerprint density at radius 2 is 2.04 bits per heavy atom. The fourth-order valence-corrected chi connectivity index (χ4v) is 4.44. The number of piperidine rings is 2. The molecule has 1 aromatic heterocycles. The van der Waals surface area contributed by atoms with E-state index in [0.717, 1.165) is 25.1 Å². The average Bonchev–Trinajstić information content (AvgIpc) is 3.21. The summed E-state index contributed by atoms with van der Waals surface area (Å²) in [6, 6.07) is 8.12. The minimum absolute atomic E-state index is 0.0804. The number of rotatable bonds is 5. The Labute approximate surface area is 166 Å². The predicted octanol–water partition coefficient (Wildman–Crippen LogP) is 2.09. The molecule has 2 fully saturated rings. The van der Waals surface area contributed by atoms with E-state index in [9.17, 15) is 9.90 Å². The molecule has 6 nitrogen and oxygen atoms in total. The van der Waals surface area contributed by atoms with Crippen molar-refractivity contribution in [3.05, 3.63) is 54.1 Å². The van der Waals surface area contributed by atoms with Gasteiger partial charge in [-0.15, -0.1) is 0 Å². The maximum atomic E-state index is 13.0. The van der Waals surface area contributed by atoms with Gasteiger partial charge in [0.2, 0.25) is 0 Å². The van der Waals surface area contributed by atoms with Crippen LogP contribution in [-0.2, 0) is 13.0 Å². The summed E-state index contributed by atoms with van der Waals surface area (Å²) in [6.07, 6.45) is 9.95. The van der Waals surface area contributed by atoms with Crippen LogP contribution in [-0.4, -0.2) is 57.2 Å². The molecule has 1 amide bonds. The second kappa shape index (κ2) is 8.45. The van der Waals surface area contributed by atoms with E-state index in [1.807, 2.05) is 27.8 Å². The first-order valence-electron chi connectivity index (χ1n) is 10.4. The van der Waals surface area contributed by atoms with Crippen LogP contribution in [0.4, 0.5) is 0 Å². The maximum absolute atomic E-state index is 13.0. The third-order valence-corrected chi connectivity index (χ3v) is 6.17. The summed E-state index contributed by atoms with van der Waals surface area (Å²) in [6.45, 7) is 3.89. The Balaban J connectivity index is 1.35. The molecule has 3 heterocycles. The highest BCUT2D eigenvalue weighted by Crippen LogP contribution is 2.26. The smallest absolute Gasteiger partial charge is 0.253 e. The molecule has 0 radical (unpaired) electrons. The van der Waals surface area contributed by atoms with E-state index >= 15 is 0 Å². The summed E-state index contributed by atoms with van der Waals surface area (Å²) in [5.41, 5.74) is 1.26. The molecule has 0 unspecified atom stereocenters. The van der Waals surface area contributed by atoms with Gasteiger partial charge in [-0.25, -0.2) is 4.98 Å². The van der Waals surface area contributed by atoms with Crippen LogP contribution in [0.3, 0.4) is 0 Å². The summed E-state index contributed by atoms with van der Waals surface area (Å²) in [4.78, 5) is 18.9. The third-order valence-electron chi connectivity index (χ3n) is 6.17. The topological polar surface area (TPSA) is 70.4 Å². The number of carbonyl (C=O) groups is 1. The van der Waals surface area contributed by atoms with Crippen molar-refractivity contribution in [2.45, 2.75) is 44.2 Å². The molecule has 2 aromatic rings. The first kappa shape index (κ1) is 19.2. The van der Waals surface area contributed by atoms with E-state index in [1.165, 1.54) is 18.4 Å². The highest BCUT2D eigenvalue weighted by molar-refractivity contribution is 5.94. The predicted molar refractivity (Wildman–Crippen MR) is 108 cm³/mol. The van der Waals surface area contributed by atoms with Crippen molar-refractivity contribution < 1.29 is 9.90 Å². The molecule has 2 aliphatic heterocycles. The molecule has 6 heteroatoms. The van der Waals surface area contributed by atoms with E-state index in [2.05, 4.69) is 22.4 Å². The zero-order chi connectivity index (χ0) is 19.4. The zero-order valence-corrected chi connectivity index (χ0v) is 16.4. The number of carbonyl (C=O) groups excluding carboxylic acids is 1. The zero-order valence-electron chi connectivity index (χ0n) is 16.4. The Kier molecular flexibility index (Phi) is 5.78. The maximum Gasteiger partial charge on any atom is 0.253 e. The number of nitrogens with zero attached hydrogens (tertiary/aromatic N) is 3. The lowest BCUT2D eigenvalue weighted by atomic mass is 9.89. The fraction of sp³-hybridized carbons (Fsp3) is 0.545. The number of aromatic nitrogens is 2. The summed E-state index contributed by atoms with van der Waals surface area (Å²) >= 11 is 0. The highest BCUT2D eigenvalue weighted by Gasteiger charge is 2.34. The van der Waals surface area contributed by atoms with Gasteiger partial charge in [-0.2, -0.15) is 0 Å². The number of benzene rings is 1. The summed E-state index contributed by atoms with van der Waals surface area (Å²) in [5, 5.41) is 14.3. The number of likely N-dealkylation sites (tertiary alicyclic amines) is 1. The molecule has 2 aliphatic rings. The second-order valence-electron chi connectivity index (χ2n) is 8.35. The average molecular weight is 383 g/mol. The molecule has 0 bridgehead atoms. The van der Waals surface area contributed by atoms with Crippen LogP contribution in [0, 0.1) is 5.92 Å². The lowest BCUT2D eigenvalue weighted by Crippen LogP contribution is -2.48. The first-order valence-corrected chi connectivity index (χ1v) is 10.4. The number of nitrogens with one attached hydrogen (secondary N) is 1. The quantitative estimate of drug-likeness (QED) is 0.831. The monoisotopic (exact) mass is 382 g/mol. The molecule has 0 aliphatic carbocycles. The standard InChI is InChI=1S/C22H30N4O2/c27-21(20-3-1-2-19(15-20)14-18-4-8-23-9-5-18)26-11-6-22(28,7-12-26)16-25-13-10-24-17-25/h1-3,10,13,15,17-18,23,28H,4-9,11-12,14,16H2. The number of hydrogen-bond donors (Lipinski definition) is 2. The van der Waals surface area contributed by atoms with E-state index < -0.39 is 5.60 Å². The SMILES string of the molecule is O=C(c1cccc(CC2CCNCC2)c1)N1CCC(O)(Cn2ccnc2)CC1. The van der Waals surface area contributed by atoms with Gasteiger partial charge < -0.3 is 19.9 Å². The molecular weight excluding hydrogens is 352 g/mol. The second-order valence-corrected chi connectivity index (χ2v) is 8.35. The molecule has 28 heavy (non-hydrogen) atoms. The van der Waals surface area contributed by atoms with Crippen molar-refractivity contribution in [1.29, 1.82) is 0 Å². The van der Waals surface area contributed by atoms with E-state index in [4.69, 9.17) is 0 Å². The Hall–Kier alpha value is -2.18. The molecular formula is C22H30N4O2. The molecule has 4 rings (SSSR count). The van der Waals surface area contributed by atoms with Crippen LogP contribution >= 0.6 is 0 Å². The number of amides is 1. The van der Waals surface area contributed by atoms with Crippen LogP contribution in [0.2, 0.25) is 0 Å². The van der Waals surface area contributed by atoms with Crippen LogP contribution < -0.4 is 5.32 Å². The number of imidazole rings is 1. The van der Waals surface area contributed by atoms with Gasteiger partial charge >= 0.3 is 0 Å². The molecule has 1 aromatic carbocycles. The van der Waals surface area contributed by atoms with Gasteiger partial charge in [-0.05, 0) is 68.8 Å². The first-order chi connectivity index (χ1) is 13.6. The lowest BCUT2D eigenvalue weighted by Gasteiger charge is -2.38. The Morgan fingerprint density at radius 3 is 2.75 bits per heavy atom. The van der Waals surface area contributed by atoms with Gasteiger partial charge in [-0.3, -0.25) is 4.79 Å². The van der Waals surface area contributed by atoms with Gasteiger partial charge in [0, 0.05) is 31.0 Å². The minimum Gasteiger partial charge on any atom is -0.388 e. The molecule has 0 spiro atoms. The lowest BCUT2D eigenvalue weighted by molar-refractivity contribution is -0.0292. The summed E-state index contributed by atoms with van der Waals surface area (Å²) in [7, 11) is 0. The molecule has 0 atom stereocenters. The van der Waals surface area contributed by atoms with Gasteiger partial charge in [-0.1, -0.05) is 12.1 Å². The normalized spacial score (nSPS) is 20.2. The van der Waals surface area contributed by atoms with Crippen molar-refractivity contribution in [2.75, 3.05) is 26.2 Å². The molecule has 0 saturated carbocycles. The van der Waals surface area contributed by atoms with E-state index in [1.54, 1.807) is 12.5 Å². The number of aliphatic hydroxyl groups is 1. The van der Waals surface area contributed by atoms with Crippen molar-refractivity contribution in [3.63, 3.8) is 0 Å². The summed E-state index contributed by atoms with van der Waals surface area (Å²) < 4.78 is 1.90. The van der Waals surface area contributed by atoms with Crippen LogP contribution in [0.25, 0.3) is 0 Å². The van der Waals surface area contributed by atoms with E-state index in [-0.39, 0.29) is 5.91 Å². The van der Waals surface area contributed by atoms with Crippen molar-refractivity contribution >= 4 is 5.91 Å². The van der Waals surface area contributed by atoms with Crippen molar-refractivity contribution in [3.8, 4) is 0 Å². The van der Waals surface area contributed by atoms with Gasteiger partial charge in [0.15, 0.2) is 0 Å². The third kappa shape index (κ3) is 4.62.